The standard InChI is InChI=1S/C53H37N3O/c1-3-16-33(17-4-1)48-32-49(34-18-5-2-6-19-34)56-52(55-48)40-24-15-23-39-42-31-35-30-41(51(42)57-50(39)40)38-22-9-13-28-46(38)54-47-29-14-12-27-45(47)53(35)43-25-10-7-20-36(43)37-21-8-11-26-44(37)53/h1-32,48,52,54-56H. The normalized spacial score (nSPS) is 17.2. The van der Waals surface area contributed by atoms with Gasteiger partial charge in [0.15, 0.2) is 0 Å². The van der Waals surface area contributed by atoms with E-state index in [1.807, 2.05) is 0 Å². The van der Waals surface area contributed by atoms with Gasteiger partial charge in [0.25, 0.3) is 0 Å². The van der Waals surface area contributed by atoms with Gasteiger partial charge >= 0.3 is 0 Å². The highest BCUT2D eigenvalue weighted by Gasteiger charge is 2.48. The fraction of sp³-hybridized carbons (Fsp3) is 0.0566. The van der Waals surface area contributed by atoms with E-state index in [4.69, 9.17) is 4.42 Å². The van der Waals surface area contributed by atoms with Gasteiger partial charge in [-0.05, 0) is 74.8 Å². The minimum absolute atomic E-state index is 0.00677. The lowest BCUT2D eigenvalue weighted by molar-refractivity contribution is 0.441. The molecule has 0 saturated carbocycles. The van der Waals surface area contributed by atoms with Crippen molar-refractivity contribution in [2.45, 2.75) is 17.6 Å². The van der Waals surface area contributed by atoms with E-state index in [1.54, 1.807) is 0 Å². The molecule has 1 spiro atoms. The molecular formula is C53H37N3O. The third kappa shape index (κ3) is 4.71. The second-order valence-electron chi connectivity index (χ2n) is 15.4. The number of nitrogens with one attached hydrogen (secondary N) is 3. The van der Waals surface area contributed by atoms with Crippen LogP contribution in [0.2, 0.25) is 0 Å². The summed E-state index contributed by atoms with van der Waals surface area (Å²) in [5.74, 6) is 0. The molecule has 2 atom stereocenters. The van der Waals surface area contributed by atoms with Crippen molar-refractivity contribution in [1.82, 2.24) is 10.6 Å². The van der Waals surface area contributed by atoms with Crippen molar-refractivity contribution in [2.24, 2.45) is 0 Å². The van der Waals surface area contributed by atoms with E-state index in [-0.39, 0.29) is 12.2 Å². The Kier molecular flexibility index (Phi) is 7.01. The zero-order valence-electron chi connectivity index (χ0n) is 31.0. The monoisotopic (exact) mass is 731 g/mol. The lowest BCUT2D eigenvalue weighted by atomic mass is 9.66. The molecule has 0 fully saturated rings. The Morgan fingerprint density at radius 1 is 0.474 bits per heavy atom. The van der Waals surface area contributed by atoms with E-state index in [0.29, 0.717) is 0 Å². The molecule has 2 aliphatic heterocycles. The third-order valence-electron chi connectivity index (χ3n) is 12.4. The maximum atomic E-state index is 7.26. The molecule has 4 nitrogen and oxygen atoms in total. The average Bonchev–Trinajstić information content (AvgIpc) is 3.82. The first-order chi connectivity index (χ1) is 28.3. The Morgan fingerprint density at radius 3 is 1.86 bits per heavy atom. The molecule has 2 unspecified atom stereocenters. The summed E-state index contributed by atoms with van der Waals surface area (Å²) in [6.07, 6.45) is 2.07. The Labute approximate surface area is 331 Å². The van der Waals surface area contributed by atoms with E-state index in [9.17, 15) is 0 Å². The summed E-state index contributed by atoms with van der Waals surface area (Å²) in [5, 5.41) is 13.9. The van der Waals surface area contributed by atoms with Gasteiger partial charge in [-0.3, -0.25) is 5.32 Å². The van der Waals surface area contributed by atoms with Crippen LogP contribution in [0.1, 0.15) is 51.2 Å². The smallest absolute Gasteiger partial charge is 0.143 e. The molecule has 1 aromatic heterocycles. The van der Waals surface area contributed by atoms with E-state index in [1.165, 1.54) is 38.9 Å². The average molecular weight is 732 g/mol. The fourth-order valence-corrected chi connectivity index (χ4v) is 9.91. The first-order valence-electron chi connectivity index (χ1n) is 19.8. The van der Waals surface area contributed by atoms with Gasteiger partial charge in [0, 0.05) is 44.5 Å². The largest absolute Gasteiger partial charge is 0.455 e. The van der Waals surface area contributed by atoms with Crippen molar-refractivity contribution < 1.29 is 4.42 Å². The van der Waals surface area contributed by atoms with E-state index >= 15 is 0 Å². The van der Waals surface area contributed by atoms with Gasteiger partial charge in [-0.15, -0.1) is 0 Å². The first kappa shape index (κ1) is 32.1. The number of fused-ring (bicyclic) bond motifs is 16. The summed E-state index contributed by atoms with van der Waals surface area (Å²) < 4.78 is 7.26. The number of hydrogen-bond acceptors (Lipinski definition) is 4. The van der Waals surface area contributed by atoms with Crippen LogP contribution in [-0.4, -0.2) is 0 Å². The zero-order chi connectivity index (χ0) is 37.5. The molecule has 0 radical (unpaired) electrons. The molecule has 57 heavy (non-hydrogen) atoms. The predicted octanol–water partition coefficient (Wildman–Crippen LogP) is 12.6. The summed E-state index contributed by atoms with van der Waals surface area (Å²) in [6, 6.07) is 68.1. The summed E-state index contributed by atoms with van der Waals surface area (Å²) in [4.78, 5) is 0. The van der Waals surface area contributed by atoms with Gasteiger partial charge < -0.3 is 15.1 Å². The minimum atomic E-state index is -0.590. The van der Waals surface area contributed by atoms with Crippen LogP contribution < -0.4 is 16.0 Å². The van der Waals surface area contributed by atoms with Crippen molar-refractivity contribution in [3.8, 4) is 22.3 Å². The van der Waals surface area contributed by atoms with Crippen molar-refractivity contribution in [3.63, 3.8) is 0 Å². The highest BCUT2D eigenvalue weighted by atomic mass is 16.3. The molecule has 8 aromatic carbocycles. The summed E-state index contributed by atoms with van der Waals surface area (Å²) in [7, 11) is 0. The van der Waals surface area contributed by atoms with E-state index in [0.717, 1.165) is 61.3 Å². The summed E-state index contributed by atoms with van der Waals surface area (Å²) in [5.41, 5.74) is 17.5. The van der Waals surface area contributed by atoms with Crippen LogP contribution in [0, 0.1) is 0 Å². The molecule has 9 aromatic rings. The number of para-hydroxylation sites is 3. The van der Waals surface area contributed by atoms with Gasteiger partial charge in [0.05, 0.1) is 11.5 Å². The minimum Gasteiger partial charge on any atom is -0.455 e. The van der Waals surface area contributed by atoms with Crippen LogP contribution in [-0.2, 0) is 5.41 Å². The number of hydrogen-bond donors (Lipinski definition) is 3. The van der Waals surface area contributed by atoms with Crippen molar-refractivity contribution in [2.75, 3.05) is 5.32 Å². The highest BCUT2D eigenvalue weighted by Crippen LogP contribution is 2.59. The topological polar surface area (TPSA) is 49.2 Å². The highest BCUT2D eigenvalue weighted by molar-refractivity contribution is 6.12. The Hall–Kier alpha value is -7.14. The van der Waals surface area contributed by atoms with Crippen LogP contribution in [0.25, 0.3) is 49.9 Å². The van der Waals surface area contributed by atoms with Crippen LogP contribution in [0.3, 0.4) is 0 Å². The number of anilines is 2. The maximum Gasteiger partial charge on any atom is 0.143 e. The second-order valence-corrected chi connectivity index (χ2v) is 15.4. The molecule has 3 heterocycles. The molecule has 12 rings (SSSR count). The van der Waals surface area contributed by atoms with Crippen LogP contribution in [0.5, 0.6) is 0 Å². The van der Waals surface area contributed by atoms with Crippen LogP contribution >= 0.6 is 0 Å². The molecule has 2 bridgehead atoms. The molecule has 270 valence electrons. The molecule has 3 N–H and O–H groups in total. The molecule has 0 saturated heterocycles. The van der Waals surface area contributed by atoms with Crippen molar-refractivity contribution in [3.05, 3.63) is 233 Å². The van der Waals surface area contributed by atoms with E-state index in [2.05, 4.69) is 210 Å². The van der Waals surface area contributed by atoms with Crippen molar-refractivity contribution in [1.29, 1.82) is 0 Å². The Bertz CT molecular complexity index is 3020. The second kappa shape index (κ2) is 12.4. The molecule has 4 heteroatoms. The predicted molar refractivity (Wildman–Crippen MR) is 232 cm³/mol. The lowest BCUT2D eigenvalue weighted by Gasteiger charge is -2.35. The quantitative estimate of drug-likeness (QED) is 0.169. The molecular weight excluding hydrogens is 695 g/mol. The Morgan fingerprint density at radius 2 is 1.11 bits per heavy atom. The van der Waals surface area contributed by atoms with Gasteiger partial charge in [-0.25, -0.2) is 0 Å². The van der Waals surface area contributed by atoms with Gasteiger partial charge in [-0.1, -0.05) is 164 Å². The van der Waals surface area contributed by atoms with Crippen LogP contribution in [0.15, 0.2) is 199 Å². The number of rotatable bonds is 3. The molecule has 3 aliphatic rings. The summed E-state index contributed by atoms with van der Waals surface area (Å²) >= 11 is 0. The van der Waals surface area contributed by atoms with Gasteiger partial charge in [0.1, 0.15) is 17.3 Å². The SMILES string of the molecule is C1=C(c2ccccc2)NC(c2cccc3c2oc2c4cc(cc23)C2(c3ccccc3Nc3ccccc3-4)c3ccccc3-c3ccccc32)NC1c1ccccc1. The zero-order valence-corrected chi connectivity index (χ0v) is 31.0. The Balaban J connectivity index is 1.14. The molecule has 1 aliphatic carbocycles. The first-order valence-corrected chi connectivity index (χ1v) is 19.8. The third-order valence-corrected chi connectivity index (χ3v) is 12.4. The van der Waals surface area contributed by atoms with Crippen LogP contribution in [0.4, 0.5) is 11.4 Å². The summed E-state index contributed by atoms with van der Waals surface area (Å²) in [6.45, 7) is 0. The molecule has 0 amide bonds. The van der Waals surface area contributed by atoms with Crippen molar-refractivity contribution >= 4 is 39.0 Å². The fourth-order valence-electron chi connectivity index (χ4n) is 9.91. The van der Waals surface area contributed by atoms with E-state index < -0.39 is 5.41 Å². The van der Waals surface area contributed by atoms with Gasteiger partial charge in [0.2, 0.25) is 0 Å². The maximum absolute atomic E-state index is 7.26. The number of furan rings is 1. The number of benzene rings is 8. The van der Waals surface area contributed by atoms with Gasteiger partial charge in [-0.2, -0.15) is 0 Å². The lowest BCUT2D eigenvalue weighted by Crippen LogP contribution is -2.39.